The van der Waals surface area contributed by atoms with E-state index in [0.717, 1.165) is 61.1 Å². The average molecular weight is 715 g/mol. The summed E-state index contributed by atoms with van der Waals surface area (Å²) in [6.45, 7) is 0. The van der Waals surface area contributed by atoms with Crippen LogP contribution in [0.4, 0.5) is 0 Å². The van der Waals surface area contributed by atoms with Crippen LogP contribution in [-0.4, -0.2) is 9.97 Å². The van der Waals surface area contributed by atoms with Gasteiger partial charge in [0, 0.05) is 27.5 Å². The molecule has 56 heavy (non-hydrogen) atoms. The highest BCUT2D eigenvalue weighted by Crippen LogP contribution is 2.57. The number of furan rings is 1. The molecular weight excluding hydrogens is 681 g/mol. The zero-order valence-electron chi connectivity index (χ0n) is 30.4. The van der Waals surface area contributed by atoms with Gasteiger partial charge in [0.25, 0.3) is 0 Å². The average Bonchev–Trinajstić information content (AvgIpc) is 3.79. The molecule has 11 rings (SSSR count). The topological polar surface area (TPSA) is 38.9 Å². The number of fused-ring (bicyclic) bond motifs is 6. The minimum atomic E-state index is -0.479. The van der Waals surface area contributed by atoms with Crippen molar-refractivity contribution in [3.05, 3.63) is 229 Å². The Morgan fingerprint density at radius 2 is 0.875 bits per heavy atom. The summed E-state index contributed by atoms with van der Waals surface area (Å²) in [6, 6.07) is 73.1. The lowest BCUT2D eigenvalue weighted by Gasteiger charge is -2.33. The molecule has 0 saturated heterocycles. The summed E-state index contributed by atoms with van der Waals surface area (Å²) in [5.41, 5.74) is 15.8. The summed E-state index contributed by atoms with van der Waals surface area (Å²) in [7, 11) is 0. The van der Waals surface area contributed by atoms with Gasteiger partial charge in [0.2, 0.25) is 0 Å². The molecule has 0 atom stereocenters. The minimum Gasteiger partial charge on any atom is -0.456 e. The summed E-state index contributed by atoms with van der Waals surface area (Å²) in [6.07, 6.45) is 0. The van der Waals surface area contributed by atoms with Crippen LogP contribution in [0.3, 0.4) is 0 Å². The number of aromatic nitrogens is 2. The number of benzene rings is 8. The van der Waals surface area contributed by atoms with E-state index in [9.17, 15) is 0 Å². The fourth-order valence-corrected chi connectivity index (χ4v) is 8.82. The van der Waals surface area contributed by atoms with E-state index in [1.165, 1.54) is 33.4 Å². The van der Waals surface area contributed by atoms with Gasteiger partial charge >= 0.3 is 0 Å². The van der Waals surface area contributed by atoms with Crippen LogP contribution in [0.5, 0.6) is 0 Å². The van der Waals surface area contributed by atoms with Crippen LogP contribution < -0.4 is 0 Å². The molecular formula is C53H34N2O. The number of nitrogens with zero attached hydrogens (tertiary/aromatic N) is 2. The van der Waals surface area contributed by atoms with Crippen molar-refractivity contribution in [1.29, 1.82) is 0 Å². The lowest BCUT2D eigenvalue weighted by molar-refractivity contribution is 0.666. The Hall–Kier alpha value is -7.36. The Kier molecular flexibility index (Phi) is 7.39. The van der Waals surface area contributed by atoms with Crippen LogP contribution in [-0.2, 0) is 5.41 Å². The Morgan fingerprint density at radius 1 is 0.339 bits per heavy atom. The van der Waals surface area contributed by atoms with Crippen molar-refractivity contribution in [2.24, 2.45) is 0 Å². The van der Waals surface area contributed by atoms with Gasteiger partial charge in [-0.25, -0.2) is 9.97 Å². The molecule has 0 unspecified atom stereocenters. The van der Waals surface area contributed by atoms with Gasteiger partial charge in [0.05, 0.1) is 16.8 Å². The second-order valence-corrected chi connectivity index (χ2v) is 14.5. The minimum absolute atomic E-state index is 0.479. The SMILES string of the molecule is c1ccc(-c2cc(-c3ccccc3)nc(-c3cccc(-c4ccc5c(c4)oc4cc6c(cc45)-c4ccccc4C6(c4ccccc4)c4ccccc4)c3)n2)cc1. The molecule has 3 nitrogen and oxygen atoms in total. The highest BCUT2D eigenvalue weighted by Gasteiger charge is 2.46. The highest BCUT2D eigenvalue weighted by molar-refractivity contribution is 6.09. The lowest BCUT2D eigenvalue weighted by Crippen LogP contribution is -2.28. The molecule has 0 fully saturated rings. The first-order valence-electron chi connectivity index (χ1n) is 19.1. The molecule has 0 radical (unpaired) electrons. The molecule has 2 heterocycles. The fourth-order valence-electron chi connectivity index (χ4n) is 8.82. The van der Waals surface area contributed by atoms with Crippen LogP contribution in [0.2, 0.25) is 0 Å². The molecule has 1 aliphatic rings. The van der Waals surface area contributed by atoms with E-state index >= 15 is 0 Å². The van der Waals surface area contributed by atoms with Crippen LogP contribution in [0, 0.1) is 0 Å². The first-order chi connectivity index (χ1) is 27.7. The van der Waals surface area contributed by atoms with E-state index in [0.29, 0.717) is 5.82 Å². The summed E-state index contributed by atoms with van der Waals surface area (Å²) >= 11 is 0. The molecule has 0 amide bonds. The van der Waals surface area contributed by atoms with Gasteiger partial charge in [0.1, 0.15) is 11.2 Å². The third-order valence-corrected chi connectivity index (χ3v) is 11.4. The predicted octanol–water partition coefficient (Wildman–Crippen LogP) is 13.4. The summed E-state index contributed by atoms with van der Waals surface area (Å²) < 4.78 is 6.82. The summed E-state index contributed by atoms with van der Waals surface area (Å²) in [4.78, 5) is 10.2. The van der Waals surface area contributed by atoms with Crippen LogP contribution in [0.1, 0.15) is 22.3 Å². The van der Waals surface area contributed by atoms with Gasteiger partial charge in [0.15, 0.2) is 5.82 Å². The van der Waals surface area contributed by atoms with E-state index in [4.69, 9.17) is 14.4 Å². The van der Waals surface area contributed by atoms with Gasteiger partial charge in [-0.3, -0.25) is 0 Å². The maximum atomic E-state index is 6.82. The Labute approximate surface area is 325 Å². The molecule has 1 aliphatic carbocycles. The highest BCUT2D eigenvalue weighted by atomic mass is 16.3. The molecule has 0 bridgehead atoms. The standard InChI is InChI=1S/C53H34N2O/c1-5-16-35(17-6-1)48-34-49(36-18-7-2-8-19-36)55-52(54-48)39-21-15-20-37(30-39)38-28-29-43-45-32-44-42-26-13-14-27-46(42)53(40-22-9-3-10-23-40,41-24-11-4-12-25-41)47(44)33-51(45)56-50(43)31-38/h1-34H. The maximum absolute atomic E-state index is 6.82. The third kappa shape index (κ3) is 5.05. The van der Waals surface area contributed by atoms with Crippen molar-refractivity contribution in [2.75, 3.05) is 0 Å². The number of rotatable bonds is 6. The molecule has 0 aliphatic heterocycles. The largest absolute Gasteiger partial charge is 0.456 e. The Bertz CT molecular complexity index is 2960. The fraction of sp³-hybridized carbons (Fsp3) is 0.0189. The van der Waals surface area contributed by atoms with Crippen LogP contribution in [0.25, 0.3) is 78.1 Å². The van der Waals surface area contributed by atoms with E-state index < -0.39 is 5.41 Å². The van der Waals surface area contributed by atoms with Gasteiger partial charge < -0.3 is 4.42 Å². The quantitative estimate of drug-likeness (QED) is 0.172. The van der Waals surface area contributed by atoms with Crippen LogP contribution in [0.15, 0.2) is 211 Å². The van der Waals surface area contributed by atoms with E-state index in [1.54, 1.807) is 0 Å². The Balaban J connectivity index is 1.05. The monoisotopic (exact) mass is 714 g/mol. The van der Waals surface area contributed by atoms with E-state index in [1.807, 2.05) is 36.4 Å². The van der Waals surface area contributed by atoms with Gasteiger partial charge in [-0.15, -0.1) is 0 Å². The van der Waals surface area contributed by atoms with E-state index in [2.05, 4.69) is 170 Å². The molecule has 0 spiro atoms. The molecule has 2 aromatic heterocycles. The zero-order chi connectivity index (χ0) is 37.1. The number of hydrogen-bond acceptors (Lipinski definition) is 3. The second kappa shape index (κ2) is 12.9. The lowest BCUT2D eigenvalue weighted by atomic mass is 9.67. The van der Waals surface area contributed by atoms with Gasteiger partial charge in [-0.1, -0.05) is 170 Å². The molecule has 8 aromatic carbocycles. The first-order valence-corrected chi connectivity index (χ1v) is 19.1. The van der Waals surface area contributed by atoms with E-state index in [-0.39, 0.29) is 0 Å². The van der Waals surface area contributed by atoms with Crippen molar-refractivity contribution in [2.45, 2.75) is 5.41 Å². The second-order valence-electron chi connectivity index (χ2n) is 14.5. The van der Waals surface area contributed by atoms with Gasteiger partial charge in [-0.05, 0) is 80.9 Å². The first kappa shape index (κ1) is 32.1. The van der Waals surface area contributed by atoms with Crippen molar-refractivity contribution in [3.8, 4) is 56.2 Å². The summed E-state index contributed by atoms with van der Waals surface area (Å²) in [5.74, 6) is 0.687. The maximum Gasteiger partial charge on any atom is 0.160 e. The van der Waals surface area contributed by atoms with Crippen molar-refractivity contribution in [3.63, 3.8) is 0 Å². The van der Waals surface area contributed by atoms with Crippen molar-refractivity contribution >= 4 is 21.9 Å². The van der Waals surface area contributed by atoms with Crippen LogP contribution >= 0.6 is 0 Å². The van der Waals surface area contributed by atoms with Gasteiger partial charge in [-0.2, -0.15) is 0 Å². The van der Waals surface area contributed by atoms with Crippen molar-refractivity contribution in [1.82, 2.24) is 9.97 Å². The third-order valence-electron chi connectivity index (χ3n) is 11.4. The number of hydrogen-bond donors (Lipinski definition) is 0. The normalized spacial score (nSPS) is 12.8. The summed E-state index contributed by atoms with van der Waals surface area (Å²) in [5, 5.41) is 2.22. The molecule has 0 saturated carbocycles. The zero-order valence-corrected chi connectivity index (χ0v) is 30.4. The Morgan fingerprint density at radius 3 is 1.54 bits per heavy atom. The molecule has 10 aromatic rings. The predicted molar refractivity (Wildman–Crippen MR) is 228 cm³/mol. The smallest absolute Gasteiger partial charge is 0.160 e. The molecule has 3 heteroatoms. The molecule has 0 N–H and O–H groups in total. The molecule has 262 valence electrons. The van der Waals surface area contributed by atoms with Crippen molar-refractivity contribution < 1.29 is 4.42 Å².